The summed E-state index contributed by atoms with van der Waals surface area (Å²) in [6, 6.07) is -0.0603. The van der Waals surface area contributed by atoms with Crippen molar-refractivity contribution in [2.24, 2.45) is 4.99 Å². The normalized spacial score (nSPS) is 26.7. The number of nitrogens with one attached hydrogen (secondary N) is 2. The number of likely N-dealkylation sites (tertiary alicyclic amines) is 1. The number of halogens is 1. The van der Waals surface area contributed by atoms with E-state index in [1.165, 1.54) is 0 Å². The third-order valence-electron chi connectivity index (χ3n) is 6.51. The predicted molar refractivity (Wildman–Crippen MR) is 114 cm³/mol. The van der Waals surface area contributed by atoms with Crippen LogP contribution >= 0.6 is 11.6 Å². The third kappa shape index (κ3) is 3.05. The van der Waals surface area contributed by atoms with Crippen molar-refractivity contribution < 1.29 is 9.59 Å². The lowest BCUT2D eigenvalue weighted by Crippen LogP contribution is -2.60. The van der Waals surface area contributed by atoms with Crippen LogP contribution in [0.25, 0.3) is 0 Å². The average molecular weight is 429 g/mol. The molecule has 30 heavy (non-hydrogen) atoms. The molecule has 4 aliphatic heterocycles. The minimum absolute atomic E-state index is 0.0210. The van der Waals surface area contributed by atoms with Crippen LogP contribution in [-0.4, -0.2) is 63.4 Å². The Labute approximate surface area is 180 Å². The monoisotopic (exact) mass is 428 g/mol. The van der Waals surface area contributed by atoms with Crippen LogP contribution in [-0.2, 0) is 11.2 Å². The van der Waals surface area contributed by atoms with Crippen molar-refractivity contribution in [1.29, 1.82) is 0 Å². The minimum atomic E-state index is -0.309. The molecular weight excluding hydrogens is 404 g/mol. The Morgan fingerprint density at radius 1 is 1.33 bits per heavy atom. The topological polar surface area (TPSA) is 91.6 Å². The van der Waals surface area contributed by atoms with Crippen LogP contribution in [0.15, 0.2) is 34.1 Å². The Balaban J connectivity index is 1.27. The van der Waals surface area contributed by atoms with Gasteiger partial charge in [0.05, 0.1) is 22.8 Å². The molecule has 5 heterocycles. The highest BCUT2D eigenvalue weighted by atomic mass is 35.5. The van der Waals surface area contributed by atoms with Gasteiger partial charge < -0.3 is 15.5 Å². The number of carbonyl (C=O) groups excluding carboxylic acids is 2. The largest absolute Gasteiger partial charge is 0.381 e. The van der Waals surface area contributed by atoms with E-state index in [-0.39, 0.29) is 35.5 Å². The maximum Gasteiger partial charge on any atom is 0.270 e. The van der Waals surface area contributed by atoms with Gasteiger partial charge in [-0.1, -0.05) is 11.6 Å². The minimum Gasteiger partial charge on any atom is -0.381 e. The van der Waals surface area contributed by atoms with Gasteiger partial charge in [-0.15, -0.1) is 0 Å². The van der Waals surface area contributed by atoms with Gasteiger partial charge in [-0.2, -0.15) is 5.10 Å². The number of hydrogen-bond acceptors (Lipinski definition) is 5. The molecule has 4 aliphatic rings. The summed E-state index contributed by atoms with van der Waals surface area (Å²) in [5.74, 6) is -0.0839. The zero-order chi connectivity index (χ0) is 21.0. The number of aliphatic imine (C=N–C) groups is 1. The quantitative estimate of drug-likeness (QED) is 0.747. The van der Waals surface area contributed by atoms with E-state index in [2.05, 4.69) is 20.7 Å². The molecule has 1 saturated heterocycles. The van der Waals surface area contributed by atoms with Crippen LogP contribution in [0, 0.1) is 0 Å². The molecule has 2 unspecified atom stereocenters. The molecular formula is C21H25ClN6O2. The Morgan fingerprint density at radius 2 is 2.10 bits per heavy atom. The van der Waals surface area contributed by atoms with E-state index >= 15 is 0 Å². The first-order valence-electron chi connectivity index (χ1n) is 10.4. The van der Waals surface area contributed by atoms with E-state index < -0.39 is 0 Å². The Kier molecular flexibility index (Phi) is 4.50. The second kappa shape index (κ2) is 6.97. The predicted octanol–water partition coefficient (Wildman–Crippen LogP) is 1.54. The molecule has 8 nitrogen and oxygen atoms in total. The number of piperidine rings is 1. The molecule has 1 aromatic rings. The third-order valence-corrected chi connectivity index (χ3v) is 6.84. The molecule has 5 rings (SSSR count). The van der Waals surface area contributed by atoms with Crippen molar-refractivity contribution in [3.63, 3.8) is 0 Å². The number of fused-ring (bicyclic) bond motifs is 2. The van der Waals surface area contributed by atoms with Crippen molar-refractivity contribution in [2.45, 2.75) is 56.8 Å². The molecule has 0 saturated carbocycles. The molecule has 0 radical (unpaired) electrons. The van der Waals surface area contributed by atoms with Gasteiger partial charge in [0, 0.05) is 42.6 Å². The number of hydrogen-bond donors (Lipinski definition) is 2. The van der Waals surface area contributed by atoms with E-state index in [1.54, 1.807) is 17.1 Å². The molecule has 2 atom stereocenters. The lowest BCUT2D eigenvalue weighted by molar-refractivity contribution is -0.128. The van der Waals surface area contributed by atoms with Crippen LogP contribution in [0.3, 0.4) is 0 Å². The van der Waals surface area contributed by atoms with Crippen molar-refractivity contribution in [3.8, 4) is 0 Å². The Hall–Kier alpha value is -2.61. The van der Waals surface area contributed by atoms with Crippen LogP contribution < -0.4 is 10.6 Å². The van der Waals surface area contributed by atoms with Gasteiger partial charge in [0.25, 0.3) is 11.8 Å². The number of aromatic nitrogens is 2. The number of rotatable bonds is 2. The summed E-state index contributed by atoms with van der Waals surface area (Å²) in [4.78, 5) is 32.2. The molecule has 0 aliphatic carbocycles. The van der Waals surface area contributed by atoms with Gasteiger partial charge in [-0.3, -0.25) is 19.3 Å². The molecule has 2 amide bonds. The van der Waals surface area contributed by atoms with E-state index in [0.717, 1.165) is 24.8 Å². The second-order valence-corrected chi connectivity index (χ2v) is 9.26. The number of nitrogens with zero attached hydrogens (tertiary/aromatic N) is 4. The van der Waals surface area contributed by atoms with Crippen molar-refractivity contribution in [3.05, 3.63) is 40.3 Å². The summed E-state index contributed by atoms with van der Waals surface area (Å²) >= 11 is 6.13. The highest BCUT2D eigenvalue weighted by Crippen LogP contribution is 2.33. The summed E-state index contributed by atoms with van der Waals surface area (Å²) in [5, 5.41) is 11.5. The van der Waals surface area contributed by atoms with E-state index in [1.807, 2.05) is 31.0 Å². The molecule has 158 valence electrons. The Bertz CT molecular complexity index is 999. The van der Waals surface area contributed by atoms with E-state index in [0.29, 0.717) is 29.4 Å². The molecule has 1 fully saturated rings. The molecule has 9 heteroatoms. The fraction of sp³-hybridized carbons (Fsp3) is 0.524. The summed E-state index contributed by atoms with van der Waals surface area (Å²) in [6.45, 7) is 5.23. The SMILES string of the molecule is CC(C)n1ncc2c1C(=O)NC1(CCN(C(=O)C3=CC4NC=C(Cl)C4N=C3)CC1)C2. The number of carbonyl (C=O) groups is 2. The molecule has 0 aromatic carbocycles. The zero-order valence-corrected chi connectivity index (χ0v) is 17.8. The first-order valence-corrected chi connectivity index (χ1v) is 10.8. The maximum absolute atomic E-state index is 13.0. The van der Waals surface area contributed by atoms with Crippen LogP contribution in [0.5, 0.6) is 0 Å². The standard InChI is InChI=1S/C21H25ClN6O2/c1-12(2)28-18-14(10-25-28)8-21(26-19(18)29)3-5-27(6-4-21)20(30)13-7-16-17(24-9-13)15(22)11-23-16/h7,9-12,16-17,23H,3-6,8H2,1-2H3,(H,26,29). The van der Waals surface area contributed by atoms with Crippen LogP contribution in [0.4, 0.5) is 0 Å². The van der Waals surface area contributed by atoms with Gasteiger partial charge in [0.15, 0.2) is 0 Å². The lowest BCUT2D eigenvalue weighted by Gasteiger charge is -2.44. The van der Waals surface area contributed by atoms with Crippen molar-refractivity contribution in [2.75, 3.05) is 13.1 Å². The van der Waals surface area contributed by atoms with Gasteiger partial charge >= 0.3 is 0 Å². The fourth-order valence-corrected chi connectivity index (χ4v) is 5.11. The van der Waals surface area contributed by atoms with Gasteiger partial charge in [0.1, 0.15) is 11.7 Å². The lowest BCUT2D eigenvalue weighted by atomic mass is 9.79. The summed E-state index contributed by atoms with van der Waals surface area (Å²) in [6.07, 6.45) is 9.30. The average Bonchev–Trinajstić information content (AvgIpc) is 3.32. The molecule has 2 N–H and O–H groups in total. The maximum atomic E-state index is 13.0. The summed E-state index contributed by atoms with van der Waals surface area (Å²) in [7, 11) is 0. The highest BCUT2D eigenvalue weighted by Gasteiger charge is 2.43. The van der Waals surface area contributed by atoms with Gasteiger partial charge in [0.2, 0.25) is 0 Å². The van der Waals surface area contributed by atoms with Crippen LogP contribution in [0.1, 0.15) is 48.8 Å². The fourth-order valence-electron chi connectivity index (χ4n) is 4.85. The first kappa shape index (κ1) is 19.4. The summed E-state index contributed by atoms with van der Waals surface area (Å²) in [5.41, 5.74) is 1.95. The van der Waals surface area contributed by atoms with Gasteiger partial charge in [-0.05, 0) is 39.2 Å². The number of amides is 2. The smallest absolute Gasteiger partial charge is 0.270 e. The second-order valence-electron chi connectivity index (χ2n) is 8.83. The molecule has 0 bridgehead atoms. The molecule has 1 spiro atoms. The van der Waals surface area contributed by atoms with Crippen molar-refractivity contribution >= 4 is 29.6 Å². The van der Waals surface area contributed by atoms with Crippen molar-refractivity contribution in [1.82, 2.24) is 25.3 Å². The van der Waals surface area contributed by atoms with E-state index in [4.69, 9.17) is 11.6 Å². The van der Waals surface area contributed by atoms with E-state index in [9.17, 15) is 9.59 Å². The van der Waals surface area contributed by atoms with Gasteiger partial charge in [-0.25, -0.2) is 0 Å². The Morgan fingerprint density at radius 3 is 2.83 bits per heavy atom. The molecule has 1 aromatic heterocycles. The highest BCUT2D eigenvalue weighted by molar-refractivity contribution is 6.30. The number of dihydropyridines is 1. The summed E-state index contributed by atoms with van der Waals surface area (Å²) < 4.78 is 1.79. The zero-order valence-electron chi connectivity index (χ0n) is 17.1. The first-order chi connectivity index (χ1) is 14.4. The van der Waals surface area contributed by atoms with Crippen LogP contribution in [0.2, 0.25) is 0 Å².